The van der Waals surface area contributed by atoms with E-state index in [1.807, 2.05) is 0 Å². The number of aromatic hydroxyl groups is 1. The molecule has 0 atom stereocenters. The van der Waals surface area contributed by atoms with Gasteiger partial charge < -0.3 is 19.5 Å². The fraction of sp³-hybridized carbons (Fsp3) is 0.478. The van der Waals surface area contributed by atoms with E-state index in [1.165, 1.54) is 19.2 Å². The Balaban J connectivity index is 1.98. The Kier molecular flexibility index (Phi) is 6.01. The predicted molar refractivity (Wildman–Crippen MR) is 114 cm³/mol. The van der Waals surface area contributed by atoms with E-state index < -0.39 is 22.3 Å². The van der Waals surface area contributed by atoms with Gasteiger partial charge >= 0.3 is 5.69 Å². The molecular weight excluding hydrogens is 416 g/mol. The minimum Gasteiger partial charge on any atom is -0.500 e. The number of nitrogens with zero attached hydrogens (tertiary/aromatic N) is 2. The molecule has 1 aliphatic heterocycles. The van der Waals surface area contributed by atoms with Crippen LogP contribution >= 0.6 is 0 Å². The second-order valence-electron chi connectivity index (χ2n) is 8.20. The van der Waals surface area contributed by atoms with Crippen molar-refractivity contribution in [2.45, 2.75) is 44.4 Å². The fourth-order valence-electron chi connectivity index (χ4n) is 5.08. The smallest absolute Gasteiger partial charge is 0.314 e. The number of nitro groups is 1. The Bertz CT molecular complexity index is 1010. The minimum absolute atomic E-state index is 0.0571. The Labute approximate surface area is 185 Å². The van der Waals surface area contributed by atoms with Crippen LogP contribution in [0.4, 0.5) is 5.69 Å². The van der Waals surface area contributed by atoms with E-state index in [1.54, 1.807) is 7.11 Å². The lowest BCUT2D eigenvalue weighted by molar-refractivity contribution is -0.386. The molecular formula is C23H26N2O7. The molecule has 4 rings (SSSR count). The molecule has 0 amide bonds. The van der Waals surface area contributed by atoms with Gasteiger partial charge in [-0.25, -0.2) is 0 Å². The number of ether oxygens (including phenoxy) is 2. The van der Waals surface area contributed by atoms with Crippen molar-refractivity contribution in [3.63, 3.8) is 0 Å². The molecule has 1 heterocycles. The average Bonchev–Trinajstić information content (AvgIpc) is 2.77. The lowest BCUT2D eigenvalue weighted by Gasteiger charge is -2.44. The van der Waals surface area contributed by atoms with Crippen molar-refractivity contribution in [2.24, 2.45) is 0 Å². The molecule has 1 N–H and O–H groups in total. The second kappa shape index (κ2) is 8.74. The zero-order chi connectivity index (χ0) is 23.0. The molecule has 0 bridgehead atoms. The largest absolute Gasteiger partial charge is 0.500 e. The molecule has 0 saturated carbocycles. The molecule has 0 aromatic heterocycles. The number of phenolic OH excluding ortho intramolecular Hbond substituents is 1. The van der Waals surface area contributed by atoms with E-state index in [2.05, 4.69) is 4.90 Å². The SMILES string of the molecule is COCCN1C2=C(C(=O)CCC2)C(c2cc(OC)c(O)c([N+](=O)[O-])c2)C2=C1CCCC2=O. The normalized spacial score (nSPS) is 19.2. The monoisotopic (exact) mass is 442 g/mol. The molecule has 1 aromatic rings. The van der Waals surface area contributed by atoms with Gasteiger partial charge in [0, 0.05) is 61.0 Å². The molecule has 9 heteroatoms. The first-order valence-electron chi connectivity index (χ1n) is 10.7. The molecule has 0 radical (unpaired) electrons. The van der Waals surface area contributed by atoms with E-state index in [-0.39, 0.29) is 17.3 Å². The van der Waals surface area contributed by atoms with Gasteiger partial charge in [0.2, 0.25) is 5.75 Å². The molecule has 9 nitrogen and oxygen atoms in total. The molecule has 32 heavy (non-hydrogen) atoms. The van der Waals surface area contributed by atoms with Crippen LogP contribution in [0.25, 0.3) is 0 Å². The van der Waals surface area contributed by atoms with Crippen molar-refractivity contribution in [2.75, 3.05) is 27.4 Å². The zero-order valence-corrected chi connectivity index (χ0v) is 18.2. The molecule has 2 aliphatic carbocycles. The van der Waals surface area contributed by atoms with Crippen LogP contribution in [0.2, 0.25) is 0 Å². The predicted octanol–water partition coefficient (Wildman–Crippen LogP) is 3.37. The highest BCUT2D eigenvalue weighted by atomic mass is 16.6. The maximum Gasteiger partial charge on any atom is 0.314 e. The number of methoxy groups -OCH3 is 2. The molecule has 170 valence electrons. The maximum absolute atomic E-state index is 13.2. The lowest BCUT2D eigenvalue weighted by Crippen LogP contribution is -2.40. The highest BCUT2D eigenvalue weighted by Crippen LogP contribution is 2.51. The number of rotatable bonds is 6. The van der Waals surface area contributed by atoms with Crippen LogP contribution < -0.4 is 4.74 Å². The Hall–Kier alpha value is -3.20. The summed E-state index contributed by atoms with van der Waals surface area (Å²) in [5.74, 6) is -1.47. The summed E-state index contributed by atoms with van der Waals surface area (Å²) in [5.41, 5.74) is 2.66. The Morgan fingerprint density at radius 1 is 1.06 bits per heavy atom. The molecule has 0 unspecified atom stereocenters. The van der Waals surface area contributed by atoms with Gasteiger partial charge in [0.25, 0.3) is 0 Å². The van der Waals surface area contributed by atoms with Crippen molar-refractivity contribution in [1.82, 2.24) is 4.90 Å². The zero-order valence-electron chi connectivity index (χ0n) is 18.2. The Morgan fingerprint density at radius 3 is 2.16 bits per heavy atom. The van der Waals surface area contributed by atoms with Crippen molar-refractivity contribution in [1.29, 1.82) is 0 Å². The van der Waals surface area contributed by atoms with Gasteiger partial charge in [-0.15, -0.1) is 0 Å². The van der Waals surface area contributed by atoms with Gasteiger partial charge in [0.05, 0.1) is 18.6 Å². The molecule has 0 fully saturated rings. The van der Waals surface area contributed by atoms with E-state index >= 15 is 0 Å². The van der Waals surface area contributed by atoms with E-state index in [0.717, 1.165) is 11.4 Å². The molecule has 0 saturated heterocycles. The fourth-order valence-corrected chi connectivity index (χ4v) is 5.08. The van der Waals surface area contributed by atoms with Gasteiger partial charge in [0.15, 0.2) is 17.3 Å². The summed E-state index contributed by atoms with van der Waals surface area (Å²) >= 11 is 0. The highest BCUT2D eigenvalue weighted by molar-refractivity contribution is 6.06. The van der Waals surface area contributed by atoms with Crippen LogP contribution in [-0.4, -0.2) is 53.9 Å². The van der Waals surface area contributed by atoms with Gasteiger partial charge in [-0.05, 0) is 37.3 Å². The van der Waals surface area contributed by atoms with Crippen molar-refractivity contribution in [3.8, 4) is 11.5 Å². The van der Waals surface area contributed by atoms with Crippen molar-refractivity contribution >= 4 is 17.3 Å². The van der Waals surface area contributed by atoms with Crippen molar-refractivity contribution in [3.05, 3.63) is 50.4 Å². The van der Waals surface area contributed by atoms with Gasteiger partial charge in [-0.3, -0.25) is 19.7 Å². The number of benzene rings is 1. The van der Waals surface area contributed by atoms with Crippen LogP contribution in [0.1, 0.15) is 50.0 Å². The average molecular weight is 442 g/mol. The summed E-state index contributed by atoms with van der Waals surface area (Å²) in [6.45, 7) is 0.972. The summed E-state index contributed by atoms with van der Waals surface area (Å²) in [5, 5.41) is 21.8. The van der Waals surface area contributed by atoms with E-state index in [9.17, 15) is 24.8 Å². The van der Waals surface area contributed by atoms with Crippen LogP contribution in [-0.2, 0) is 14.3 Å². The number of hydrogen-bond acceptors (Lipinski definition) is 8. The van der Waals surface area contributed by atoms with Crippen LogP contribution in [0.3, 0.4) is 0 Å². The summed E-state index contributed by atoms with van der Waals surface area (Å²) < 4.78 is 10.5. The number of phenols is 1. The second-order valence-corrected chi connectivity index (χ2v) is 8.20. The van der Waals surface area contributed by atoms with Gasteiger partial charge in [0.1, 0.15) is 0 Å². The summed E-state index contributed by atoms with van der Waals surface area (Å²) in [6, 6.07) is 2.75. The number of ketones is 2. The summed E-state index contributed by atoms with van der Waals surface area (Å²) in [7, 11) is 2.92. The quantitative estimate of drug-likeness (QED) is 0.526. The standard InChI is InChI=1S/C23H26N2O7/c1-31-10-9-24-14-5-3-7-17(26)21(14)20(22-15(24)6-4-8-18(22)27)13-11-16(25(29)30)23(28)19(12-13)32-2/h11-12,20,28H,3-10H2,1-2H3. The first-order chi connectivity index (χ1) is 15.4. The van der Waals surface area contributed by atoms with E-state index in [0.29, 0.717) is 68.4 Å². The van der Waals surface area contributed by atoms with Crippen molar-refractivity contribution < 1.29 is 29.1 Å². The number of allylic oxidation sites excluding steroid dienone is 4. The van der Waals surface area contributed by atoms with E-state index in [4.69, 9.17) is 9.47 Å². The van der Waals surface area contributed by atoms with Crippen LogP contribution in [0.5, 0.6) is 11.5 Å². The third-order valence-electron chi connectivity index (χ3n) is 6.43. The Morgan fingerprint density at radius 2 is 1.66 bits per heavy atom. The number of carbonyl (C=O) groups excluding carboxylic acids is 2. The number of nitro benzene ring substituents is 1. The number of carbonyl (C=O) groups is 2. The minimum atomic E-state index is -0.715. The third kappa shape index (κ3) is 3.56. The summed E-state index contributed by atoms with van der Waals surface area (Å²) in [4.78, 5) is 39.3. The van der Waals surface area contributed by atoms with Crippen LogP contribution in [0.15, 0.2) is 34.7 Å². The third-order valence-corrected chi connectivity index (χ3v) is 6.43. The topological polar surface area (TPSA) is 119 Å². The molecule has 3 aliphatic rings. The first kappa shape index (κ1) is 22.0. The maximum atomic E-state index is 13.2. The summed E-state index contributed by atoms with van der Waals surface area (Å²) in [6.07, 6.45) is 3.52. The van der Waals surface area contributed by atoms with Gasteiger partial charge in [-0.1, -0.05) is 0 Å². The number of hydrogen-bond donors (Lipinski definition) is 1. The molecule has 1 aromatic carbocycles. The molecule has 0 spiro atoms. The highest BCUT2D eigenvalue weighted by Gasteiger charge is 2.44. The van der Waals surface area contributed by atoms with Gasteiger partial charge in [-0.2, -0.15) is 0 Å². The lowest BCUT2D eigenvalue weighted by atomic mass is 9.71. The number of Topliss-reactive ketones (excluding diaryl/α,β-unsaturated/α-hetero) is 2. The first-order valence-corrected chi connectivity index (χ1v) is 10.7. The van der Waals surface area contributed by atoms with Crippen LogP contribution in [0, 0.1) is 10.1 Å².